The van der Waals surface area contributed by atoms with Crippen LogP contribution in [0.5, 0.6) is 0 Å². The predicted octanol–water partition coefficient (Wildman–Crippen LogP) is 5.37. The quantitative estimate of drug-likeness (QED) is 0.391. The first-order valence-electron chi connectivity index (χ1n) is 12.3. The van der Waals surface area contributed by atoms with E-state index in [9.17, 15) is 9.59 Å². The summed E-state index contributed by atoms with van der Waals surface area (Å²) in [6.07, 6.45) is 3.46. The molecular weight excluding hydrogens is 492 g/mol. The van der Waals surface area contributed by atoms with Crippen LogP contribution < -0.4 is 15.8 Å². The molecule has 186 valence electrons. The Morgan fingerprint density at radius 1 is 0.972 bits per heavy atom. The van der Waals surface area contributed by atoms with Gasteiger partial charge in [-0.05, 0) is 86.9 Å². The van der Waals surface area contributed by atoms with Crippen molar-refractivity contribution in [2.75, 3.05) is 31.2 Å². The maximum Gasteiger partial charge on any atom is 0.273 e. The first-order valence-corrected chi connectivity index (χ1v) is 13.5. The second-order valence-corrected chi connectivity index (χ2v) is 10.6. The number of carbonyl (C=O) groups excluding carboxylic acids is 2. The minimum Gasteiger partial charge on any atom is -0.352 e. The van der Waals surface area contributed by atoms with Crippen molar-refractivity contribution in [3.05, 3.63) is 88.4 Å². The van der Waals surface area contributed by atoms with E-state index in [1.807, 2.05) is 60.7 Å². The molecule has 6 nitrogen and oxygen atoms in total. The Morgan fingerprint density at radius 3 is 2.64 bits per heavy atom. The number of amides is 2. The number of rotatable bonds is 8. The molecule has 0 bridgehead atoms. The van der Waals surface area contributed by atoms with Gasteiger partial charge < -0.3 is 10.2 Å². The Labute approximate surface area is 221 Å². The fourth-order valence-electron chi connectivity index (χ4n) is 4.59. The standard InChI is InChI=1S/C28H29ClN4O2S/c29-22-8-5-7-20(17-22)19-31-33-24-18-21(27(34)30-13-6-16-32-14-3-4-15-32)11-12-26(24)36-25-10-2-1-9-23(25)28(33)35/h1-2,5,7-12,17-18,31H,3-4,6,13-16,19H2,(H,30,34). The summed E-state index contributed by atoms with van der Waals surface area (Å²) in [7, 11) is 0. The molecule has 0 atom stereocenters. The van der Waals surface area contributed by atoms with Crippen molar-refractivity contribution in [2.24, 2.45) is 0 Å². The zero-order chi connectivity index (χ0) is 24.9. The van der Waals surface area contributed by atoms with Crippen LogP contribution in [0.1, 0.15) is 45.5 Å². The van der Waals surface area contributed by atoms with Crippen LogP contribution in [-0.2, 0) is 6.54 Å². The summed E-state index contributed by atoms with van der Waals surface area (Å²) < 4.78 is 0. The molecule has 2 amide bonds. The van der Waals surface area contributed by atoms with Crippen LogP contribution in [0.2, 0.25) is 5.02 Å². The second-order valence-electron chi connectivity index (χ2n) is 9.04. The molecule has 1 fully saturated rings. The summed E-state index contributed by atoms with van der Waals surface area (Å²) in [5.74, 6) is -0.296. The molecule has 0 spiro atoms. The number of fused-ring (bicyclic) bond motifs is 2. The highest BCUT2D eigenvalue weighted by molar-refractivity contribution is 7.99. The Balaban J connectivity index is 1.36. The van der Waals surface area contributed by atoms with Gasteiger partial charge in [0.25, 0.3) is 11.8 Å². The number of hydrogen-bond acceptors (Lipinski definition) is 5. The Morgan fingerprint density at radius 2 is 1.81 bits per heavy atom. The molecule has 2 aliphatic heterocycles. The van der Waals surface area contributed by atoms with E-state index in [1.54, 1.807) is 11.1 Å². The van der Waals surface area contributed by atoms with Crippen LogP contribution in [0.4, 0.5) is 5.69 Å². The summed E-state index contributed by atoms with van der Waals surface area (Å²) in [6.45, 7) is 4.36. The lowest BCUT2D eigenvalue weighted by Crippen LogP contribution is -2.43. The predicted molar refractivity (Wildman–Crippen MR) is 145 cm³/mol. The van der Waals surface area contributed by atoms with E-state index < -0.39 is 0 Å². The average molecular weight is 521 g/mol. The number of carbonyl (C=O) groups is 2. The Bertz CT molecular complexity index is 1260. The first kappa shape index (κ1) is 24.8. The number of likely N-dealkylation sites (tertiary alicyclic amines) is 1. The molecule has 3 aromatic carbocycles. The van der Waals surface area contributed by atoms with Crippen LogP contribution in [0.15, 0.2) is 76.5 Å². The molecular formula is C28H29ClN4O2S. The van der Waals surface area contributed by atoms with E-state index in [4.69, 9.17) is 11.6 Å². The minimum atomic E-state index is -0.165. The van der Waals surface area contributed by atoms with Crippen molar-refractivity contribution < 1.29 is 9.59 Å². The van der Waals surface area contributed by atoms with Crippen molar-refractivity contribution >= 4 is 40.9 Å². The van der Waals surface area contributed by atoms with Crippen molar-refractivity contribution in [1.29, 1.82) is 0 Å². The Hall–Kier alpha value is -2.84. The molecule has 36 heavy (non-hydrogen) atoms. The highest BCUT2D eigenvalue weighted by Gasteiger charge is 2.28. The molecule has 5 rings (SSSR count). The van der Waals surface area contributed by atoms with Gasteiger partial charge in [0, 0.05) is 33.5 Å². The normalized spacial score (nSPS) is 15.4. The van der Waals surface area contributed by atoms with E-state index in [0.717, 1.165) is 41.4 Å². The number of hydrogen-bond donors (Lipinski definition) is 2. The van der Waals surface area contributed by atoms with Gasteiger partial charge in [0.2, 0.25) is 0 Å². The van der Waals surface area contributed by atoms with E-state index in [1.165, 1.54) is 24.6 Å². The first-order chi connectivity index (χ1) is 17.6. The molecule has 2 heterocycles. The van der Waals surface area contributed by atoms with Crippen LogP contribution >= 0.6 is 23.4 Å². The lowest BCUT2D eigenvalue weighted by molar-refractivity contribution is 0.0946. The van der Waals surface area contributed by atoms with E-state index in [2.05, 4.69) is 15.6 Å². The van der Waals surface area contributed by atoms with Gasteiger partial charge in [0.05, 0.1) is 11.3 Å². The lowest BCUT2D eigenvalue weighted by Gasteiger charge is -2.24. The van der Waals surface area contributed by atoms with E-state index in [-0.39, 0.29) is 11.8 Å². The highest BCUT2D eigenvalue weighted by atomic mass is 35.5. The van der Waals surface area contributed by atoms with Crippen molar-refractivity contribution in [1.82, 2.24) is 15.6 Å². The lowest BCUT2D eigenvalue weighted by atomic mass is 10.1. The third-order valence-electron chi connectivity index (χ3n) is 6.47. The van der Waals surface area contributed by atoms with E-state index in [0.29, 0.717) is 34.9 Å². The summed E-state index contributed by atoms with van der Waals surface area (Å²) in [4.78, 5) is 30.8. The number of nitrogens with zero attached hydrogens (tertiary/aromatic N) is 2. The number of nitrogens with one attached hydrogen (secondary N) is 2. The topological polar surface area (TPSA) is 64.7 Å². The molecule has 8 heteroatoms. The minimum absolute atomic E-state index is 0.131. The highest BCUT2D eigenvalue weighted by Crippen LogP contribution is 2.41. The van der Waals surface area contributed by atoms with E-state index >= 15 is 0 Å². The second kappa shape index (κ2) is 11.5. The zero-order valence-electron chi connectivity index (χ0n) is 20.0. The molecule has 3 aromatic rings. The van der Waals surface area contributed by atoms with Gasteiger partial charge in [0.15, 0.2) is 0 Å². The largest absolute Gasteiger partial charge is 0.352 e. The number of benzene rings is 3. The molecule has 2 aliphatic rings. The molecule has 1 saturated heterocycles. The van der Waals surface area contributed by atoms with Gasteiger partial charge in [-0.3, -0.25) is 9.59 Å². The molecule has 0 aliphatic carbocycles. The van der Waals surface area contributed by atoms with Crippen LogP contribution in [0.3, 0.4) is 0 Å². The van der Waals surface area contributed by atoms with Crippen LogP contribution in [-0.4, -0.2) is 42.9 Å². The summed E-state index contributed by atoms with van der Waals surface area (Å²) in [5.41, 5.74) is 6.04. The molecule has 0 unspecified atom stereocenters. The van der Waals surface area contributed by atoms with Gasteiger partial charge in [-0.25, -0.2) is 10.4 Å². The summed E-state index contributed by atoms with van der Waals surface area (Å²) >= 11 is 7.69. The molecule has 2 N–H and O–H groups in total. The number of hydrazine groups is 1. The van der Waals surface area contributed by atoms with Crippen molar-refractivity contribution in [3.8, 4) is 0 Å². The SMILES string of the molecule is O=C(NCCCN1CCCC1)c1ccc2c(c1)N(NCc1cccc(Cl)c1)C(=O)c1ccccc1S2. The smallest absolute Gasteiger partial charge is 0.273 e. The van der Waals surface area contributed by atoms with Gasteiger partial charge >= 0.3 is 0 Å². The molecule has 0 saturated carbocycles. The summed E-state index contributed by atoms with van der Waals surface area (Å²) in [5, 5.41) is 5.24. The monoisotopic (exact) mass is 520 g/mol. The van der Waals surface area contributed by atoms with Gasteiger partial charge in [-0.1, -0.05) is 47.6 Å². The maximum atomic E-state index is 13.6. The molecule has 0 radical (unpaired) electrons. The van der Waals surface area contributed by atoms with Crippen LogP contribution in [0, 0.1) is 0 Å². The third kappa shape index (κ3) is 5.76. The number of halogens is 1. The van der Waals surface area contributed by atoms with Crippen molar-refractivity contribution in [2.45, 2.75) is 35.6 Å². The fraction of sp³-hybridized carbons (Fsp3) is 0.286. The zero-order valence-corrected chi connectivity index (χ0v) is 21.6. The third-order valence-corrected chi connectivity index (χ3v) is 7.84. The Kier molecular flexibility index (Phi) is 7.92. The van der Waals surface area contributed by atoms with Gasteiger partial charge in [-0.2, -0.15) is 0 Å². The van der Waals surface area contributed by atoms with Gasteiger partial charge in [0.1, 0.15) is 0 Å². The number of anilines is 1. The van der Waals surface area contributed by atoms with Crippen molar-refractivity contribution in [3.63, 3.8) is 0 Å². The van der Waals surface area contributed by atoms with Gasteiger partial charge in [-0.15, -0.1) is 0 Å². The average Bonchev–Trinajstić information content (AvgIpc) is 3.37. The van der Waals surface area contributed by atoms with Crippen LogP contribution in [0.25, 0.3) is 0 Å². The summed E-state index contributed by atoms with van der Waals surface area (Å²) in [6, 6.07) is 20.6. The molecule has 0 aromatic heterocycles. The fourth-order valence-corrected chi connectivity index (χ4v) is 5.84. The maximum absolute atomic E-state index is 13.6.